The van der Waals surface area contributed by atoms with Gasteiger partial charge in [-0.2, -0.15) is 4.98 Å². The fraction of sp³-hybridized carbons (Fsp3) is 0.458. The van der Waals surface area contributed by atoms with Gasteiger partial charge in [0.1, 0.15) is 54.3 Å². The molecule has 29 heteroatoms. The third-order valence-electron chi connectivity index (χ3n) is 8.58. The average molecular weight is 798 g/mol. The van der Waals surface area contributed by atoms with Crippen LogP contribution in [0.1, 0.15) is 12.5 Å². The van der Waals surface area contributed by atoms with E-state index in [1.54, 1.807) is 0 Å². The number of nitrogens with one attached hydrogen (secondary N) is 1. The summed E-state index contributed by atoms with van der Waals surface area (Å²) in [7, 11) is -10.2. The minimum atomic E-state index is -5.39. The number of nitrogen functional groups attached to an aromatic ring is 2. The number of nitrogens with zero attached hydrogens (tertiary/aromatic N) is 9. The molecule has 7 N–H and O–H groups in total. The van der Waals surface area contributed by atoms with Gasteiger partial charge in [0.05, 0.1) is 32.5 Å². The van der Waals surface area contributed by atoms with Gasteiger partial charge in [0, 0.05) is 12.4 Å². The molecule has 4 unspecified atom stereocenters. The monoisotopic (exact) mass is 798 g/mol. The van der Waals surface area contributed by atoms with Crippen LogP contribution in [0, 0.1) is 0 Å². The number of fused-ring (bicyclic) bond motifs is 4. The van der Waals surface area contributed by atoms with Crippen LogP contribution in [-0.4, -0.2) is 115 Å². The molecular formula is C24H26N12Na2O13P2. The Hall–Kier alpha value is -2.23. The number of ether oxygens (including phenoxy) is 3. The summed E-state index contributed by atoms with van der Waals surface area (Å²) in [6, 6.07) is 0. The number of hydrogen-bond donors (Lipinski definition) is 5. The summed E-state index contributed by atoms with van der Waals surface area (Å²) in [5.74, 6) is -0.193. The van der Waals surface area contributed by atoms with Gasteiger partial charge in [-0.15, -0.1) is 0 Å². The van der Waals surface area contributed by atoms with Crippen molar-refractivity contribution in [3.05, 3.63) is 48.1 Å². The van der Waals surface area contributed by atoms with Crippen LogP contribution in [-0.2, 0) is 36.9 Å². The Balaban J connectivity index is 0.00000240. The molecule has 25 nitrogen and oxygen atoms in total. The molecule has 3 aliphatic heterocycles. The Kier molecular flexibility index (Phi) is 11.5. The molecular weight excluding hydrogens is 772 g/mol. The van der Waals surface area contributed by atoms with E-state index in [4.69, 9.17) is 39.2 Å². The van der Waals surface area contributed by atoms with Gasteiger partial charge in [-0.25, -0.2) is 24.9 Å². The standard InChI is InChI=1S/C24H28N12O13P2.2Na/c25-17-11-18(29-6-28-17)35(8-30-11)22-15-16(24(48-22,4-44-15)5-46-50(40,41)34-2-1-27-7-34)49-51(42,43)45-3-10-13(37)14(38)21(47-10)36-9-31-12-19(36)32-23(26)33-20(12)39;;/h1-2,6-10,13-16,21-22,37-38H,3-5H2,(H,40,41)(H,42,43)(H2,25,28,29)(H3,26,32,33,39);;/q;2*+1/p-2/t10-,13?,14+,15+,16?,21-,22-,24-;;/m1../s1. The molecule has 0 radical (unpaired) electrons. The van der Waals surface area contributed by atoms with Gasteiger partial charge in [-0.1, -0.05) is 0 Å². The normalized spacial score (nSPS) is 30.2. The topological polar surface area (TPSA) is 353 Å². The third kappa shape index (κ3) is 7.18. The number of aromatic amines is 1. The smallest absolute Gasteiger partial charge is 0.761 e. The molecule has 5 aromatic heterocycles. The van der Waals surface area contributed by atoms with Gasteiger partial charge >= 0.3 is 59.1 Å². The number of aliphatic hydroxyl groups excluding tert-OH is 2. The van der Waals surface area contributed by atoms with Crippen molar-refractivity contribution in [1.82, 2.24) is 48.4 Å². The Morgan fingerprint density at radius 3 is 2.47 bits per heavy atom. The van der Waals surface area contributed by atoms with Crippen molar-refractivity contribution in [3.63, 3.8) is 0 Å². The molecule has 10 atom stereocenters. The van der Waals surface area contributed by atoms with E-state index in [-0.39, 0.29) is 99.8 Å². The number of anilines is 2. The summed E-state index contributed by atoms with van der Waals surface area (Å²) in [6.07, 6.45) is -3.18. The largest absolute Gasteiger partial charge is 1.00 e. The molecule has 3 saturated heterocycles. The van der Waals surface area contributed by atoms with Crippen molar-refractivity contribution in [3.8, 4) is 0 Å². The van der Waals surface area contributed by atoms with E-state index in [1.807, 2.05) is 0 Å². The van der Waals surface area contributed by atoms with Crippen LogP contribution >= 0.6 is 15.6 Å². The van der Waals surface area contributed by atoms with Crippen LogP contribution in [0.15, 0.2) is 42.5 Å². The van der Waals surface area contributed by atoms with E-state index in [0.29, 0.717) is 4.34 Å². The molecule has 3 fully saturated rings. The van der Waals surface area contributed by atoms with Gasteiger partial charge in [0.25, 0.3) is 13.4 Å². The Morgan fingerprint density at radius 2 is 1.74 bits per heavy atom. The van der Waals surface area contributed by atoms with Crippen molar-refractivity contribution in [1.29, 1.82) is 0 Å². The minimum Gasteiger partial charge on any atom is -0.761 e. The first-order valence-electron chi connectivity index (χ1n) is 14.8. The van der Waals surface area contributed by atoms with Gasteiger partial charge in [-0.05, 0) is 0 Å². The van der Waals surface area contributed by atoms with Gasteiger partial charge < -0.3 is 59.2 Å². The molecule has 0 aromatic carbocycles. The number of phosphoric acid groups is 1. The third-order valence-corrected chi connectivity index (χ3v) is 10.8. The molecule has 3 aliphatic rings. The fourth-order valence-electron chi connectivity index (χ4n) is 6.15. The number of phosphoric ester groups is 1. The number of aromatic nitrogens is 10. The first-order chi connectivity index (χ1) is 24.3. The number of imidazole rings is 3. The zero-order valence-electron chi connectivity index (χ0n) is 27.6. The summed E-state index contributed by atoms with van der Waals surface area (Å²) in [4.78, 5) is 64.6. The Morgan fingerprint density at radius 1 is 1.00 bits per heavy atom. The van der Waals surface area contributed by atoms with E-state index in [1.165, 1.54) is 23.4 Å². The number of aliphatic hydroxyl groups is 2. The molecule has 53 heavy (non-hydrogen) atoms. The Labute approximate surface area is 339 Å². The van der Waals surface area contributed by atoms with Crippen molar-refractivity contribution < 1.29 is 116 Å². The predicted octanol–water partition coefficient (Wildman–Crippen LogP) is -9.48. The van der Waals surface area contributed by atoms with Crippen LogP contribution in [0.5, 0.6) is 0 Å². The second-order valence-corrected chi connectivity index (χ2v) is 14.7. The Bertz CT molecular complexity index is 2280. The minimum absolute atomic E-state index is 0. The molecule has 8 heterocycles. The summed E-state index contributed by atoms with van der Waals surface area (Å²) in [6.45, 7) is -2.00. The van der Waals surface area contributed by atoms with Crippen molar-refractivity contribution >= 4 is 49.7 Å². The van der Waals surface area contributed by atoms with Gasteiger partial charge in [-0.3, -0.25) is 32.4 Å². The van der Waals surface area contributed by atoms with Crippen molar-refractivity contribution in [2.45, 2.75) is 48.6 Å². The van der Waals surface area contributed by atoms with E-state index in [0.717, 1.165) is 23.4 Å². The van der Waals surface area contributed by atoms with E-state index >= 15 is 0 Å². The zero-order chi connectivity index (χ0) is 35.9. The maximum atomic E-state index is 13.4. The zero-order valence-corrected chi connectivity index (χ0v) is 33.4. The summed E-state index contributed by atoms with van der Waals surface area (Å²) in [5.41, 5.74) is 9.24. The number of H-pyrrole nitrogens is 1. The molecule has 0 spiro atoms. The first-order valence-corrected chi connectivity index (χ1v) is 17.8. The van der Waals surface area contributed by atoms with Crippen LogP contribution < -0.4 is 85.9 Å². The number of nitrogens with two attached hydrogens (primary N) is 2. The second-order valence-electron chi connectivity index (χ2n) is 11.7. The van der Waals surface area contributed by atoms with Crippen LogP contribution in [0.25, 0.3) is 22.3 Å². The van der Waals surface area contributed by atoms with E-state index in [9.17, 15) is 33.9 Å². The SMILES string of the molecule is Nc1nc2c(ncn2[C@@H]2O[C@H](COP(=O)([O-])OC3[C@@H]4OC[C@]3(COP(=O)([O-])n3ccnc3)O[C@H]4n3cnc4c(N)ncnc43)C(O)[C@@H]2O)c(=O)[nH]1.[Na+].[Na+]. The molecule has 0 aliphatic carbocycles. The van der Waals surface area contributed by atoms with E-state index < -0.39 is 82.9 Å². The summed E-state index contributed by atoms with van der Waals surface area (Å²) >= 11 is 0. The molecule has 0 saturated carbocycles. The van der Waals surface area contributed by atoms with E-state index in [2.05, 4.69) is 34.9 Å². The first kappa shape index (κ1) is 40.4. The summed E-state index contributed by atoms with van der Waals surface area (Å²) < 4.78 is 63.1. The van der Waals surface area contributed by atoms with Crippen LogP contribution in [0.3, 0.4) is 0 Å². The number of hydrogen-bond acceptors (Lipinski definition) is 21. The van der Waals surface area contributed by atoms with Gasteiger partial charge in [0.15, 0.2) is 35.1 Å². The van der Waals surface area contributed by atoms with Crippen molar-refractivity contribution in [2.75, 3.05) is 31.3 Å². The van der Waals surface area contributed by atoms with Crippen LogP contribution in [0.4, 0.5) is 11.8 Å². The molecule has 2 bridgehead atoms. The summed E-state index contributed by atoms with van der Waals surface area (Å²) in [5, 5.41) is 21.5. The molecule has 8 rings (SSSR count). The molecule has 0 amide bonds. The molecule has 272 valence electrons. The van der Waals surface area contributed by atoms with Crippen molar-refractivity contribution in [2.24, 2.45) is 0 Å². The predicted molar refractivity (Wildman–Crippen MR) is 160 cm³/mol. The quantitative estimate of drug-likeness (QED) is 0.0612. The fourth-order valence-corrected chi connectivity index (χ4v) is 8.05. The second kappa shape index (κ2) is 15.0. The maximum absolute atomic E-state index is 13.4. The van der Waals surface area contributed by atoms with Crippen LogP contribution in [0.2, 0.25) is 0 Å². The molecule has 5 aromatic rings. The average Bonchev–Trinajstić information content (AvgIpc) is 3.94. The number of rotatable bonds is 11. The maximum Gasteiger partial charge on any atom is 1.00 e. The van der Waals surface area contributed by atoms with Gasteiger partial charge in [0.2, 0.25) is 13.7 Å².